The lowest BCUT2D eigenvalue weighted by Gasteiger charge is -2.29. The first-order valence-electron chi connectivity index (χ1n) is 8.71. The molecular weight excluding hydrogens is 310 g/mol. The number of anilines is 2. The molecule has 3 aromatic rings. The molecule has 0 radical (unpaired) electrons. The maximum absolute atomic E-state index is 5.01. The van der Waals surface area contributed by atoms with E-state index in [0.29, 0.717) is 0 Å². The zero-order valence-corrected chi connectivity index (χ0v) is 14.7. The average molecular weight is 333 g/mol. The number of rotatable bonds is 3. The van der Waals surface area contributed by atoms with Gasteiger partial charge in [-0.1, -0.05) is 12.1 Å². The number of fused-ring (bicyclic) bond motifs is 1. The molecule has 3 heterocycles. The monoisotopic (exact) mass is 333 g/mol. The van der Waals surface area contributed by atoms with E-state index in [-0.39, 0.29) is 0 Å². The van der Waals surface area contributed by atoms with E-state index in [1.54, 1.807) is 0 Å². The number of benzene rings is 1. The molecule has 128 valence electrons. The van der Waals surface area contributed by atoms with Crippen molar-refractivity contribution in [2.45, 2.75) is 0 Å². The maximum Gasteiger partial charge on any atom is 0.138 e. The Morgan fingerprint density at radius 2 is 1.80 bits per heavy atom. The van der Waals surface area contributed by atoms with Crippen LogP contribution in [-0.2, 0) is 0 Å². The Labute approximate surface area is 148 Å². The van der Waals surface area contributed by atoms with Gasteiger partial charge in [0.2, 0.25) is 0 Å². The molecule has 0 aliphatic carbocycles. The Morgan fingerprint density at radius 3 is 2.52 bits per heavy atom. The molecule has 25 heavy (non-hydrogen) atoms. The molecule has 1 aliphatic rings. The zero-order valence-electron chi connectivity index (χ0n) is 14.7. The van der Waals surface area contributed by atoms with Crippen molar-refractivity contribution in [1.82, 2.24) is 15.3 Å². The molecule has 2 aromatic heterocycles. The van der Waals surface area contributed by atoms with E-state index in [2.05, 4.69) is 70.6 Å². The van der Waals surface area contributed by atoms with E-state index in [4.69, 9.17) is 4.98 Å². The topological polar surface area (TPSA) is 44.3 Å². The number of nitrogens with zero attached hydrogens (tertiary/aromatic N) is 4. The van der Waals surface area contributed by atoms with Gasteiger partial charge in [-0.15, -0.1) is 0 Å². The van der Waals surface area contributed by atoms with Crippen molar-refractivity contribution in [2.75, 3.05) is 50.1 Å². The third-order valence-electron chi connectivity index (χ3n) is 4.68. The maximum atomic E-state index is 5.01. The van der Waals surface area contributed by atoms with E-state index in [1.807, 2.05) is 12.3 Å². The number of aromatic nitrogens is 2. The molecule has 1 N–H and O–H groups in total. The fourth-order valence-electron chi connectivity index (χ4n) is 3.25. The van der Waals surface area contributed by atoms with Crippen molar-refractivity contribution >= 4 is 22.4 Å². The number of hydrogen-bond acceptors (Lipinski definition) is 5. The standard InChI is InChI=1S/C20H23N5/c1-24(2)16-7-5-15(6-8-16)18-14-19-17(4-3-9-22-19)20(23-18)25-12-10-21-11-13-25/h3-9,14,21H,10-13H2,1-2H3. The normalized spacial score (nSPS) is 14.7. The second-order valence-electron chi connectivity index (χ2n) is 6.58. The van der Waals surface area contributed by atoms with E-state index < -0.39 is 0 Å². The minimum Gasteiger partial charge on any atom is -0.378 e. The Balaban J connectivity index is 1.81. The summed E-state index contributed by atoms with van der Waals surface area (Å²) in [6, 6.07) is 14.7. The van der Waals surface area contributed by atoms with Gasteiger partial charge in [0.15, 0.2) is 0 Å². The largest absolute Gasteiger partial charge is 0.378 e. The van der Waals surface area contributed by atoms with Gasteiger partial charge < -0.3 is 15.1 Å². The first-order chi connectivity index (χ1) is 12.2. The summed E-state index contributed by atoms with van der Waals surface area (Å²) in [4.78, 5) is 14.1. The van der Waals surface area contributed by atoms with Crippen LogP contribution in [0.2, 0.25) is 0 Å². The number of hydrogen-bond donors (Lipinski definition) is 1. The van der Waals surface area contributed by atoms with Crippen LogP contribution in [0.1, 0.15) is 0 Å². The van der Waals surface area contributed by atoms with Crippen LogP contribution in [0.5, 0.6) is 0 Å². The van der Waals surface area contributed by atoms with Crippen molar-refractivity contribution in [3.05, 3.63) is 48.7 Å². The Hall–Kier alpha value is -2.66. The van der Waals surface area contributed by atoms with E-state index in [9.17, 15) is 0 Å². The lowest BCUT2D eigenvalue weighted by atomic mass is 10.1. The fourth-order valence-corrected chi connectivity index (χ4v) is 3.25. The zero-order chi connectivity index (χ0) is 17.2. The van der Waals surface area contributed by atoms with Gasteiger partial charge in [0.25, 0.3) is 0 Å². The third kappa shape index (κ3) is 3.15. The van der Waals surface area contributed by atoms with Gasteiger partial charge in [0, 0.05) is 63.1 Å². The summed E-state index contributed by atoms with van der Waals surface area (Å²) < 4.78 is 0. The van der Waals surface area contributed by atoms with E-state index in [1.165, 1.54) is 5.69 Å². The van der Waals surface area contributed by atoms with Crippen molar-refractivity contribution in [2.24, 2.45) is 0 Å². The molecule has 0 bridgehead atoms. The fraction of sp³-hybridized carbons (Fsp3) is 0.300. The third-order valence-corrected chi connectivity index (χ3v) is 4.68. The molecule has 5 heteroatoms. The van der Waals surface area contributed by atoms with Gasteiger partial charge in [0.05, 0.1) is 11.2 Å². The molecular formula is C20H23N5. The quantitative estimate of drug-likeness (QED) is 0.798. The molecule has 0 atom stereocenters. The van der Waals surface area contributed by atoms with Gasteiger partial charge in [-0.25, -0.2) is 4.98 Å². The summed E-state index contributed by atoms with van der Waals surface area (Å²) in [5, 5.41) is 4.53. The lowest BCUT2D eigenvalue weighted by Crippen LogP contribution is -2.44. The molecule has 1 fully saturated rings. The molecule has 4 rings (SSSR count). The Morgan fingerprint density at radius 1 is 1.04 bits per heavy atom. The predicted molar refractivity (Wildman–Crippen MR) is 104 cm³/mol. The highest BCUT2D eigenvalue weighted by atomic mass is 15.2. The average Bonchev–Trinajstić information content (AvgIpc) is 2.68. The highest BCUT2D eigenvalue weighted by molar-refractivity contribution is 5.92. The molecule has 0 spiro atoms. The van der Waals surface area contributed by atoms with Crippen LogP contribution in [0.15, 0.2) is 48.7 Å². The van der Waals surface area contributed by atoms with Gasteiger partial charge >= 0.3 is 0 Å². The summed E-state index contributed by atoms with van der Waals surface area (Å²) in [5.74, 6) is 1.04. The second-order valence-corrected chi connectivity index (χ2v) is 6.58. The molecule has 0 saturated carbocycles. The Kier molecular flexibility index (Phi) is 4.24. The van der Waals surface area contributed by atoms with Crippen molar-refractivity contribution in [1.29, 1.82) is 0 Å². The van der Waals surface area contributed by atoms with E-state index in [0.717, 1.165) is 54.2 Å². The highest BCUT2D eigenvalue weighted by Gasteiger charge is 2.17. The summed E-state index contributed by atoms with van der Waals surface area (Å²) in [6.45, 7) is 3.93. The van der Waals surface area contributed by atoms with Crippen LogP contribution in [0.3, 0.4) is 0 Å². The summed E-state index contributed by atoms with van der Waals surface area (Å²) in [6.07, 6.45) is 1.85. The molecule has 0 unspecified atom stereocenters. The van der Waals surface area contributed by atoms with Crippen LogP contribution < -0.4 is 15.1 Å². The molecule has 1 aromatic carbocycles. The summed E-state index contributed by atoms with van der Waals surface area (Å²) in [5.41, 5.74) is 4.28. The van der Waals surface area contributed by atoms with Crippen LogP contribution >= 0.6 is 0 Å². The first-order valence-corrected chi connectivity index (χ1v) is 8.71. The van der Waals surface area contributed by atoms with Gasteiger partial charge in [-0.3, -0.25) is 4.98 Å². The number of nitrogens with one attached hydrogen (secondary N) is 1. The van der Waals surface area contributed by atoms with Crippen molar-refractivity contribution in [3.63, 3.8) is 0 Å². The predicted octanol–water partition coefficient (Wildman–Crippen LogP) is 2.77. The minimum absolute atomic E-state index is 0.972. The second kappa shape index (κ2) is 6.69. The first kappa shape index (κ1) is 15.8. The summed E-state index contributed by atoms with van der Waals surface area (Å²) in [7, 11) is 4.10. The minimum atomic E-state index is 0.972. The molecule has 0 amide bonds. The van der Waals surface area contributed by atoms with Gasteiger partial charge in [-0.2, -0.15) is 0 Å². The number of pyridine rings is 2. The smallest absolute Gasteiger partial charge is 0.138 e. The number of piperazine rings is 1. The van der Waals surface area contributed by atoms with Crippen LogP contribution in [0.4, 0.5) is 11.5 Å². The van der Waals surface area contributed by atoms with Gasteiger partial charge in [0.1, 0.15) is 5.82 Å². The Bertz CT molecular complexity index is 867. The van der Waals surface area contributed by atoms with Crippen molar-refractivity contribution in [3.8, 4) is 11.3 Å². The highest BCUT2D eigenvalue weighted by Crippen LogP contribution is 2.30. The summed E-state index contributed by atoms with van der Waals surface area (Å²) >= 11 is 0. The van der Waals surface area contributed by atoms with E-state index >= 15 is 0 Å². The lowest BCUT2D eigenvalue weighted by molar-refractivity contribution is 0.586. The SMILES string of the molecule is CN(C)c1ccc(-c2cc3ncccc3c(N3CCNCC3)n2)cc1. The van der Waals surface area contributed by atoms with Crippen molar-refractivity contribution < 1.29 is 0 Å². The molecule has 1 aliphatic heterocycles. The van der Waals surface area contributed by atoms with Crippen LogP contribution in [-0.4, -0.2) is 50.2 Å². The molecule has 5 nitrogen and oxygen atoms in total. The van der Waals surface area contributed by atoms with Crippen LogP contribution in [0.25, 0.3) is 22.2 Å². The molecule has 1 saturated heterocycles. The van der Waals surface area contributed by atoms with Gasteiger partial charge in [-0.05, 0) is 30.3 Å². The van der Waals surface area contributed by atoms with Crippen LogP contribution in [0, 0.1) is 0 Å².